The van der Waals surface area contributed by atoms with Gasteiger partial charge in [-0.3, -0.25) is 9.10 Å². The average Bonchev–Trinajstić information content (AvgIpc) is 2.79. The lowest BCUT2D eigenvalue weighted by molar-refractivity contribution is 0.0785. The first-order valence-electron chi connectivity index (χ1n) is 9.86. The molecule has 31 heavy (non-hydrogen) atoms. The lowest BCUT2D eigenvalue weighted by atomic mass is 10.1. The van der Waals surface area contributed by atoms with Gasteiger partial charge in [-0.15, -0.1) is 0 Å². The minimum absolute atomic E-state index is 0.0773. The first kappa shape index (κ1) is 22.4. The van der Waals surface area contributed by atoms with E-state index in [2.05, 4.69) is 0 Å². The van der Waals surface area contributed by atoms with Gasteiger partial charge in [0.2, 0.25) is 0 Å². The van der Waals surface area contributed by atoms with Crippen LogP contribution in [0.2, 0.25) is 0 Å². The maximum absolute atomic E-state index is 13.1. The number of hydrogen-bond acceptors (Lipinski definition) is 4. The fraction of sp³-hybridized carbons (Fsp3) is 0.208. The molecule has 0 aliphatic rings. The van der Waals surface area contributed by atoms with Gasteiger partial charge < -0.3 is 9.80 Å². The van der Waals surface area contributed by atoms with Gasteiger partial charge in [0.15, 0.2) is 0 Å². The molecular formula is C24H27N3O3S. The molecule has 6 nitrogen and oxygen atoms in total. The summed E-state index contributed by atoms with van der Waals surface area (Å²) in [5.74, 6) is -0.240. The van der Waals surface area contributed by atoms with Crippen molar-refractivity contribution < 1.29 is 13.2 Å². The zero-order valence-corrected chi connectivity index (χ0v) is 19.0. The summed E-state index contributed by atoms with van der Waals surface area (Å²) >= 11 is 0. The van der Waals surface area contributed by atoms with Crippen LogP contribution in [0.1, 0.15) is 15.9 Å². The highest BCUT2D eigenvalue weighted by Crippen LogP contribution is 2.23. The molecule has 7 heteroatoms. The van der Waals surface area contributed by atoms with Crippen LogP contribution >= 0.6 is 0 Å². The number of nitrogens with zero attached hydrogens (tertiary/aromatic N) is 3. The standard InChI is InChI=1S/C24H27N3O3S/c1-25(2)21-15-13-19(14-16-21)18-26(3)24(28)20-9-8-12-23(17-20)31(29,30)27(4)22-10-6-5-7-11-22/h5-17H,18H2,1-4H3. The van der Waals surface area contributed by atoms with Crippen molar-refractivity contribution in [2.75, 3.05) is 37.4 Å². The normalized spacial score (nSPS) is 11.1. The Morgan fingerprint density at radius 3 is 2.03 bits per heavy atom. The van der Waals surface area contributed by atoms with Crippen LogP contribution in [-0.2, 0) is 16.6 Å². The van der Waals surface area contributed by atoms with E-state index in [4.69, 9.17) is 0 Å². The SMILES string of the molecule is CN(Cc1ccc(N(C)C)cc1)C(=O)c1cccc(S(=O)(=O)N(C)c2ccccc2)c1. The molecule has 0 aliphatic carbocycles. The number of hydrogen-bond donors (Lipinski definition) is 0. The number of carbonyl (C=O) groups is 1. The van der Waals surface area contributed by atoms with Crippen molar-refractivity contribution in [3.63, 3.8) is 0 Å². The van der Waals surface area contributed by atoms with Crippen molar-refractivity contribution in [1.29, 1.82) is 0 Å². The summed E-state index contributed by atoms with van der Waals surface area (Å²) in [4.78, 5) is 16.6. The van der Waals surface area contributed by atoms with E-state index in [1.54, 1.807) is 48.3 Å². The molecule has 0 atom stereocenters. The minimum atomic E-state index is -3.79. The summed E-state index contributed by atoms with van der Waals surface area (Å²) in [6.07, 6.45) is 0. The number of carbonyl (C=O) groups excluding carboxylic acids is 1. The van der Waals surface area contributed by atoms with Crippen molar-refractivity contribution in [2.24, 2.45) is 0 Å². The van der Waals surface area contributed by atoms with Gasteiger partial charge in [-0.1, -0.05) is 36.4 Å². The van der Waals surface area contributed by atoms with Gasteiger partial charge in [-0.2, -0.15) is 0 Å². The first-order valence-corrected chi connectivity index (χ1v) is 11.3. The van der Waals surface area contributed by atoms with E-state index in [9.17, 15) is 13.2 Å². The van der Waals surface area contributed by atoms with Crippen LogP contribution in [0, 0.1) is 0 Å². The molecule has 3 aromatic rings. The topological polar surface area (TPSA) is 60.9 Å². The third-order valence-electron chi connectivity index (χ3n) is 5.08. The fourth-order valence-corrected chi connectivity index (χ4v) is 4.43. The van der Waals surface area contributed by atoms with E-state index in [0.29, 0.717) is 17.8 Å². The zero-order chi connectivity index (χ0) is 22.6. The number of benzene rings is 3. The van der Waals surface area contributed by atoms with Crippen LogP contribution in [0.25, 0.3) is 0 Å². The molecule has 162 valence electrons. The van der Waals surface area contributed by atoms with Gasteiger partial charge in [-0.25, -0.2) is 8.42 Å². The van der Waals surface area contributed by atoms with E-state index in [1.807, 2.05) is 49.3 Å². The maximum atomic E-state index is 13.1. The molecule has 0 N–H and O–H groups in total. The summed E-state index contributed by atoms with van der Waals surface area (Å²) in [6, 6.07) is 23.0. The summed E-state index contributed by atoms with van der Waals surface area (Å²) in [5.41, 5.74) is 2.96. The highest BCUT2D eigenvalue weighted by Gasteiger charge is 2.23. The molecule has 3 rings (SSSR count). The van der Waals surface area contributed by atoms with Gasteiger partial charge in [-0.05, 0) is 48.0 Å². The summed E-state index contributed by atoms with van der Waals surface area (Å²) in [7, 11) is 3.37. The van der Waals surface area contributed by atoms with Gasteiger partial charge in [0.1, 0.15) is 0 Å². The molecule has 0 saturated carbocycles. The van der Waals surface area contributed by atoms with Crippen molar-refractivity contribution in [2.45, 2.75) is 11.4 Å². The molecule has 0 aliphatic heterocycles. The Balaban J connectivity index is 1.79. The second kappa shape index (κ2) is 9.22. The van der Waals surface area contributed by atoms with Gasteiger partial charge in [0.05, 0.1) is 10.6 Å². The van der Waals surface area contributed by atoms with Crippen molar-refractivity contribution in [3.05, 3.63) is 90.0 Å². The zero-order valence-electron chi connectivity index (χ0n) is 18.2. The van der Waals surface area contributed by atoms with E-state index >= 15 is 0 Å². The molecular weight excluding hydrogens is 410 g/mol. The monoisotopic (exact) mass is 437 g/mol. The van der Waals surface area contributed by atoms with E-state index in [-0.39, 0.29) is 10.8 Å². The molecule has 0 heterocycles. The first-order chi connectivity index (χ1) is 14.7. The molecule has 0 bridgehead atoms. The lowest BCUT2D eigenvalue weighted by Gasteiger charge is -2.21. The Morgan fingerprint density at radius 2 is 1.42 bits per heavy atom. The van der Waals surface area contributed by atoms with Crippen LogP contribution in [0.3, 0.4) is 0 Å². The van der Waals surface area contributed by atoms with Gasteiger partial charge in [0, 0.05) is 46.0 Å². The minimum Gasteiger partial charge on any atom is -0.378 e. The Hall–Kier alpha value is -3.32. The molecule has 0 radical (unpaired) electrons. The largest absolute Gasteiger partial charge is 0.378 e. The Morgan fingerprint density at radius 1 is 0.774 bits per heavy atom. The highest BCUT2D eigenvalue weighted by molar-refractivity contribution is 7.92. The van der Waals surface area contributed by atoms with E-state index < -0.39 is 10.0 Å². The molecule has 0 saturated heterocycles. The Labute approximate surface area is 184 Å². The highest BCUT2D eigenvalue weighted by atomic mass is 32.2. The predicted molar refractivity (Wildman–Crippen MR) is 125 cm³/mol. The van der Waals surface area contributed by atoms with Gasteiger partial charge >= 0.3 is 0 Å². The second-order valence-electron chi connectivity index (χ2n) is 7.56. The molecule has 0 spiro atoms. The van der Waals surface area contributed by atoms with Crippen LogP contribution in [0.5, 0.6) is 0 Å². The smallest absolute Gasteiger partial charge is 0.264 e. The molecule has 3 aromatic carbocycles. The molecule has 1 amide bonds. The van der Waals surface area contributed by atoms with Crippen molar-refractivity contribution in [1.82, 2.24) is 4.90 Å². The van der Waals surface area contributed by atoms with E-state index in [1.165, 1.54) is 23.5 Å². The maximum Gasteiger partial charge on any atom is 0.264 e. The van der Waals surface area contributed by atoms with Crippen LogP contribution < -0.4 is 9.21 Å². The van der Waals surface area contributed by atoms with Crippen molar-refractivity contribution in [3.8, 4) is 0 Å². The third-order valence-corrected chi connectivity index (χ3v) is 6.86. The number of anilines is 2. The summed E-state index contributed by atoms with van der Waals surface area (Å²) in [5, 5.41) is 0. The van der Waals surface area contributed by atoms with Crippen LogP contribution in [0.4, 0.5) is 11.4 Å². The Bertz CT molecular complexity index is 1140. The summed E-state index contributed by atoms with van der Waals surface area (Å²) < 4.78 is 27.3. The van der Waals surface area contributed by atoms with Crippen LogP contribution in [0.15, 0.2) is 83.8 Å². The van der Waals surface area contributed by atoms with Gasteiger partial charge in [0.25, 0.3) is 15.9 Å². The van der Waals surface area contributed by atoms with Crippen LogP contribution in [-0.4, -0.2) is 47.4 Å². The molecule has 0 unspecified atom stereocenters. The second-order valence-corrected chi connectivity index (χ2v) is 9.53. The predicted octanol–water partition coefficient (Wildman–Crippen LogP) is 3.85. The number of rotatable bonds is 7. The summed E-state index contributed by atoms with van der Waals surface area (Å²) in [6.45, 7) is 0.424. The number of amides is 1. The quantitative estimate of drug-likeness (QED) is 0.563. The lowest BCUT2D eigenvalue weighted by Crippen LogP contribution is -2.28. The number of sulfonamides is 1. The average molecular weight is 438 g/mol. The Kier molecular flexibility index (Phi) is 6.65. The van der Waals surface area contributed by atoms with E-state index in [0.717, 1.165) is 11.3 Å². The van der Waals surface area contributed by atoms with Crippen molar-refractivity contribution >= 4 is 27.3 Å². The fourth-order valence-electron chi connectivity index (χ4n) is 3.19. The number of para-hydroxylation sites is 1. The molecule has 0 fully saturated rings. The molecule has 0 aromatic heterocycles. The third kappa shape index (κ3) is 5.06.